The predicted molar refractivity (Wildman–Crippen MR) is 59.1 cm³/mol. The Kier molecular flexibility index (Phi) is 2.30. The number of nitrogens with zero attached hydrogens (tertiary/aromatic N) is 1. The fraction of sp³-hybridized carbons (Fsp3) is 0.769. The molecule has 0 N–H and O–H groups in total. The van der Waals surface area contributed by atoms with Crippen LogP contribution in [0.5, 0.6) is 0 Å². The first-order valence-corrected chi connectivity index (χ1v) is 6.25. The minimum absolute atomic E-state index is 0.302. The molecule has 0 saturated heterocycles. The SMILES string of the molecule is CC(C)c1conc1[C@@H]1CC(F)C2CC1C2. The zero-order chi connectivity index (χ0) is 11.3. The molecule has 88 valence electrons. The minimum atomic E-state index is -0.619. The largest absolute Gasteiger partial charge is 0.364 e. The van der Waals surface area contributed by atoms with Gasteiger partial charge in [-0.3, -0.25) is 0 Å². The Balaban J connectivity index is 1.88. The summed E-state index contributed by atoms with van der Waals surface area (Å²) in [6.07, 6.45) is 3.87. The van der Waals surface area contributed by atoms with Crippen LogP contribution in [-0.2, 0) is 0 Å². The maximum atomic E-state index is 13.7. The average molecular weight is 223 g/mol. The molecule has 2 nitrogen and oxygen atoms in total. The molecule has 0 amide bonds. The van der Waals surface area contributed by atoms with Crippen LogP contribution in [0.2, 0.25) is 0 Å². The Morgan fingerprint density at radius 3 is 2.69 bits per heavy atom. The summed E-state index contributed by atoms with van der Waals surface area (Å²) in [4.78, 5) is 0. The smallest absolute Gasteiger partial charge is 0.127 e. The summed E-state index contributed by atoms with van der Waals surface area (Å²) in [5, 5.41) is 4.13. The van der Waals surface area contributed by atoms with E-state index in [1.807, 2.05) is 0 Å². The molecular formula is C13H18FNO. The number of hydrogen-bond acceptors (Lipinski definition) is 2. The molecule has 16 heavy (non-hydrogen) atoms. The van der Waals surface area contributed by atoms with Gasteiger partial charge in [0.2, 0.25) is 0 Å². The maximum absolute atomic E-state index is 13.7. The van der Waals surface area contributed by atoms with E-state index >= 15 is 0 Å². The van der Waals surface area contributed by atoms with Crippen LogP contribution >= 0.6 is 0 Å². The van der Waals surface area contributed by atoms with E-state index in [0.717, 1.165) is 18.5 Å². The summed E-state index contributed by atoms with van der Waals surface area (Å²) in [6.45, 7) is 4.27. The summed E-state index contributed by atoms with van der Waals surface area (Å²) in [5.41, 5.74) is 2.20. The lowest BCUT2D eigenvalue weighted by molar-refractivity contribution is 0.00335. The van der Waals surface area contributed by atoms with Crippen LogP contribution in [0.4, 0.5) is 4.39 Å². The molecule has 1 unspecified atom stereocenters. The molecule has 0 spiro atoms. The second-order valence-corrected chi connectivity index (χ2v) is 5.66. The highest BCUT2D eigenvalue weighted by molar-refractivity contribution is 5.25. The van der Waals surface area contributed by atoms with Gasteiger partial charge in [-0.25, -0.2) is 4.39 Å². The van der Waals surface area contributed by atoms with Gasteiger partial charge in [0.05, 0.1) is 5.69 Å². The highest BCUT2D eigenvalue weighted by Gasteiger charge is 2.48. The number of halogens is 1. The summed E-state index contributed by atoms with van der Waals surface area (Å²) >= 11 is 0. The van der Waals surface area contributed by atoms with E-state index in [1.165, 1.54) is 5.56 Å². The van der Waals surface area contributed by atoms with Crippen molar-refractivity contribution in [1.29, 1.82) is 0 Å². The summed E-state index contributed by atoms with van der Waals surface area (Å²) in [7, 11) is 0. The van der Waals surface area contributed by atoms with Gasteiger partial charge >= 0.3 is 0 Å². The van der Waals surface area contributed by atoms with Crippen LogP contribution < -0.4 is 0 Å². The number of alkyl halides is 1. The topological polar surface area (TPSA) is 26.0 Å². The Bertz CT molecular complexity index is 381. The van der Waals surface area contributed by atoms with Gasteiger partial charge in [0.1, 0.15) is 12.4 Å². The number of aromatic nitrogens is 1. The fourth-order valence-electron chi connectivity index (χ4n) is 3.26. The maximum Gasteiger partial charge on any atom is 0.127 e. The molecular weight excluding hydrogens is 205 g/mol. The van der Waals surface area contributed by atoms with E-state index in [2.05, 4.69) is 19.0 Å². The van der Waals surface area contributed by atoms with Gasteiger partial charge in [-0.15, -0.1) is 0 Å². The second kappa shape index (κ2) is 3.57. The van der Waals surface area contributed by atoms with Gasteiger partial charge in [-0.2, -0.15) is 0 Å². The van der Waals surface area contributed by atoms with Gasteiger partial charge in [0.25, 0.3) is 0 Å². The van der Waals surface area contributed by atoms with Crippen LogP contribution in [0.15, 0.2) is 10.8 Å². The van der Waals surface area contributed by atoms with E-state index in [9.17, 15) is 4.39 Å². The third-order valence-corrected chi connectivity index (χ3v) is 4.37. The molecule has 3 fully saturated rings. The van der Waals surface area contributed by atoms with E-state index in [1.54, 1.807) is 6.26 Å². The molecule has 0 aliphatic heterocycles. The number of rotatable bonds is 2. The van der Waals surface area contributed by atoms with Crippen LogP contribution in [0.1, 0.15) is 56.2 Å². The molecule has 3 aliphatic carbocycles. The monoisotopic (exact) mass is 223 g/mol. The van der Waals surface area contributed by atoms with Crippen LogP contribution in [-0.4, -0.2) is 11.3 Å². The van der Waals surface area contributed by atoms with E-state index < -0.39 is 6.17 Å². The summed E-state index contributed by atoms with van der Waals surface area (Å²) in [6, 6.07) is 0. The van der Waals surface area contributed by atoms with Gasteiger partial charge in [0.15, 0.2) is 0 Å². The van der Waals surface area contributed by atoms with Crippen LogP contribution in [0, 0.1) is 11.8 Å². The number of hydrogen-bond donors (Lipinski definition) is 0. The fourth-order valence-corrected chi connectivity index (χ4v) is 3.26. The van der Waals surface area contributed by atoms with Crippen molar-refractivity contribution in [3.8, 4) is 0 Å². The first-order chi connectivity index (χ1) is 7.66. The molecule has 3 aliphatic rings. The molecule has 2 bridgehead atoms. The minimum Gasteiger partial charge on any atom is -0.364 e. The van der Waals surface area contributed by atoms with E-state index in [4.69, 9.17) is 4.52 Å². The Morgan fingerprint density at radius 1 is 1.31 bits per heavy atom. The molecule has 1 aromatic heterocycles. The van der Waals surface area contributed by atoms with Crippen molar-refractivity contribution in [3.05, 3.63) is 17.5 Å². The molecule has 0 radical (unpaired) electrons. The highest BCUT2D eigenvalue weighted by atomic mass is 19.1. The zero-order valence-electron chi connectivity index (χ0n) is 9.82. The molecule has 0 aromatic carbocycles. The van der Waals surface area contributed by atoms with Crippen LogP contribution in [0.25, 0.3) is 0 Å². The normalized spacial score (nSPS) is 37.5. The molecule has 1 heterocycles. The Labute approximate surface area is 95.2 Å². The van der Waals surface area contributed by atoms with E-state index in [-0.39, 0.29) is 0 Å². The summed E-state index contributed by atoms with van der Waals surface area (Å²) in [5.74, 6) is 1.71. The van der Waals surface area contributed by atoms with Gasteiger partial charge in [-0.05, 0) is 37.0 Å². The van der Waals surface area contributed by atoms with Crippen LogP contribution in [0.3, 0.4) is 0 Å². The quantitative estimate of drug-likeness (QED) is 0.764. The van der Waals surface area contributed by atoms with Crippen molar-refractivity contribution >= 4 is 0 Å². The average Bonchev–Trinajstić information content (AvgIpc) is 2.62. The van der Waals surface area contributed by atoms with Gasteiger partial charge in [0, 0.05) is 11.5 Å². The third-order valence-electron chi connectivity index (χ3n) is 4.37. The molecule has 1 aromatic rings. The van der Waals surface area contributed by atoms with E-state index in [0.29, 0.717) is 30.1 Å². The first kappa shape index (κ1) is 10.3. The molecule has 2 atom stereocenters. The highest BCUT2D eigenvalue weighted by Crippen LogP contribution is 2.54. The molecule has 4 rings (SSSR count). The van der Waals surface area contributed by atoms with Gasteiger partial charge < -0.3 is 4.52 Å². The standard InChI is InChI=1S/C13H18FNO/c1-7(2)11-6-16-15-13(11)10-5-12(14)9-3-8(10)4-9/h6-10,12H,3-5H2,1-2H3/t8?,9?,10-,12?/m1/s1. The first-order valence-electron chi connectivity index (χ1n) is 6.25. The lowest BCUT2D eigenvalue weighted by Gasteiger charge is -2.48. The van der Waals surface area contributed by atoms with Gasteiger partial charge in [-0.1, -0.05) is 19.0 Å². The van der Waals surface area contributed by atoms with Crippen molar-refractivity contribution in [2.45, 2.75) is 51.1 Å². The lowest BCUT2D eigenvalue weighted by Crippen LogP contribution is -2.42. The lowest BCUT2D eigenvalue weighted by atomic mass is 9.58. The Hall–Kier alpha value is -0.860. The van der Waals surface area contributed by atoms with Crippen molar-refractivity contribution in [2.75, 3.05) is 0 Å². The van der Waals surface area contributed by atoms with Crippen molar-refractivity contribution in [1.82, 2.24) is 5.16 Å². The zero-order valence-corrected chi connectivity index (χ0v) is 9.82. The third kappa shape index (κ3) is 1.40. The van der Waals surface area contributed by atoms with Crippen molar-refractivity contribution < 1.29 is 8.91 Å². The second-order valence-electron chi connectivity index (χ2n) is 5.66. The molecule has 3 saturated carbocycles. The summed E-state index contributed by atoms with van der Waals surface area (Å²) < 4.78 is 18.8. The predicted octanol–water partition coefficient (Wildman–Crippen LogP) is 3.65. The van der Waals surface area contributed by atoms with Crippen molar-refractivity contribution in [3.63, 3.8) is 0 Å². The number of fused-ring (bicyclic) bond motifs is 2. The Morgan fingerprint density at radius 2 is 2.06 bits per heavy atom. The molecule has 3 heteroatoms. The van der Waals surface area contributed by atoms with Crippen molar-refractivity contribution in [2.24, 2.45) is 11.8 Å².